The van der Waals surface area contributed by atoms with Gasteiger partial charge in [-0.1, -0.05) is 26.0 Å². The number of aliphatic imine (C=N–C) groups is 1. The fourth-order valence-electron chi connectivity index (χ4n) is 2.78. The van der Waals surface area contributed by atoms with E-state index in [0.717, 1.165) is 36.0 Å². The number of guanidine groups is 1. The van der Waals surface area contributed by atoms with E-state index in [1.54, 1.807) is 7.05 Å². The zero-order valence-electron chi connectivity index (χ0n) is 18.0. The summed E-state index contributed by atoms with van der Waals surface area (Å²) < 4.78 is 8.02. The minimum absolute atomic E-state index is 0.559. The Hall–Kier alpha value is -2.57. The van der Waals surface area contributed by atoms with E-state index in [2.05, 4.69) is 64.8 Å². The summed E-state index contributed by atoms with van der Waals surface area (Å²) in [6, 6.07) is 6.32. The molecule has 0 spiro atoms. The molecule has 0 bridgehead atoms. The van der Waals surface area contributed by atoms with Gasteiger partial charge in [0.05, 0.1) is 13.2 Å². The zero-order valence-corrected chi connectivity index (χ0v) is 18.0. The van der Waals surface area contributed by atoms with Gasteiger partial charge in [0, 0.05) is 26.2 Å². The molecule has 2 N–H and O–H groups in total. The van der Waals surface area contributed by atoms with Crippen LogP contribution in [0.25, 0.3) is 0 Å². The van der Waals surface area contributed by atoms with Crippen molar-refractivity contribution >= 4 is 5.96 Å². The van der Waals surface area contributed by atoms with Gasteiger partial charge in [-0.25, -0.2) is 0 Å². The number of aryl methyl sites for hydroxylation is 2. The van der Waals surface area contributed by atoms with Crippen molar-refractivity contribution in [2.45, 2.75) is 53.6 Å². The van der Waals surface area contributed by atoms with Crippen LogP contribution in [-0.4, -0.2) is 34.4 Å². The molecule has 0 unspecified atom stereocenters. The third-order valence-electron chi connectivity index (χ3n) is 4.67. The summed E-state index contributed by atoms with van der Waals surface area (Å²) in [5.41, 5.74) is 2.32. The standard InChI is InChI=1S/C21H34N6O/c1-15(2)8-7-11-28-19-12-16(3)9-10-18(19)13-23-21(22-5)24-14-20-26-25-17(4)27(20)6/h9-10,12,15H,7-8,11,13-14H2,1-6H3,(H2,22,23,24). The predicted molar refractivity (Wildman–Crippen MR) is 114 cm³/mol. The van der Waals surface area contributed by atoms with E-state index < -0.39 is 0 Å². The van der Waals surface area contributed by atoms with Crippen LogP contribution in [-0.2, 0) is 20.1 Å². The molecule has 0 aliphatic rings. The molecule has 0 atom stereocenters. The Morgan fingerprint density at radius 2 is 1.93 bits per heavy atom. The first kappa shape index (κ1) is 21.7. The van der Waals surface area contributed by atoms with Crippen LogP contribution in [0.4, 0.5) is 0 Å². The van der Waals surface area contributed by atoms with E-state index in [1.165, 1.54) is 12.0 Å². The monoisotopic (exact) mass is 386 g/mol. The Morgan fingerprint density at radius 3 is 2.57 bits per heavy atom. The van der Waals surface area contributed by atoms with E-state index in [4.69, 9.17) is 4.74 Å². The zero-order chi connectivity index (χ0) is 20.5. The smallest absolute Gasteiger partial charge is 0.191 e. The van der Waals surface area contributed by atoms with Crippen molar-refractivity contribution in [3.05, 3.63) is 41.0 Å². The van der Waals surface area contributed by atoms with E-state index >= 15 is 0 Å². The number of benzene rings is 1. The van der Waals surface area contributed by atoms with Gasteiger partial charge in [-0.15, -0.1) is 10.2 Å². The quantitative estimate of drug-likeness (QED) is 0.393. The van der Waals surface area contributed by atoms with Crippen molar-refractivity contribution in [2.24, 2.45) is 18.0 Å². The highest BCUT2D eigenvalue weighted by molar-refractivity contribution is 5.79. The van der Waals surface area contributed by atoms with Gasteiger partial charge in [0.1, 0.15) is 11.6 Å². The van der Waals surface area contributed by atoms with Gasteiger partial charge < -0.3 is 19.9 Å². The van der Waals surface area contributed by atoms with Crippen LogP contribution in [0.2, 0.25) is 0 Å². The van der Waals surface area contributed by atoms with Gasteiger partial charge >= 0.3 is 0 Å². The summed E-state index contributed by atoms with van der Waals surface area (Å²) in [6.45, 7) is 10.4. The number of rotatable bonds is 9. The molecule has 0 amide bonds. The lowest BCUT2D eigenvalue weighted by Gasteiger charge is -2.16. The predicted octanol–water partition coefficient (Wildman–Crippen LogP) is 3.11. The van der Waals surface area contributed by atoms with Crippen molar-refractivity contribution in [1.82, 2.24) is 25.4 Å². The molecule has 7 nitrogen and oxygen atoms in total. The number of hydrogen-bond acceptors (Lipinski definition) is 4. The maximum atomic E-state index is 6.06. The maximum Gasteiger partial charge on any atom is 0.191 e. The number of hydrogen-bond donors (Lipinski definition) is 2. The third-order valence-corrected chi connectivity index (χ3v) is 4.67. The molecule has 28 heavy (non-hydrogen) atoms. The van der Waals surface area contributed by atoms with Gasteiger partial charge in [-0.2, -0.15) is 0 Å². The lowest BCUT2D eigenvalue weighted by atomic mass is 10.1. The van der Waals surface area contributed by atoms with Crippen LogP contribution in [0.15, 0.2) is 23.2 Å². The van der Waals surface area contributed by atoms with Crippen molar-refractivity contribution in [1.29, 1.82) is 0 Å². The van der Waals surface area contributed by atoms with E-state index in [9.17, 15) is 0 Å². The van der Waals surface area contributed by atoms with Crippen molar-refractivity contribution in [2.75, 3.05) is 13.7 Å². The van der Waals surface area contributed by atoms with Gasteiger partial charge in [0.15, 0.2) is 11.8 Å². The first-order chi connectivity index (χ1) is 13.4. The Bertz CT molecular complexity index is 781. The van der Waals surface area contributed by atoms with E-state index in [-0.39, 0.29) is 0 Å². The van der Waals surface area contributed by atoms with Gasteiger partial charge in [0.25, 0.3) is 0 Å². The van der Waals surface area contributed by atoms with Crippen molar-refractivity contribution < 1.29 is 4.74 Å². The average molecular weight is 387 g/mol. The average Bonchev–Trinajstić information content (AvgIpc) is 2.98. The molecule has 0 aliphatic heterocycles. The van der Waals surface area contributed by atoms with Crippen LogP contribution in [0, 0.1) is 19.8 Å². The highest BCUT2D eigenvalue weighted by Crippen LogP contribution is 2.21. The molecule has 2 aromatic rings. The minimum atomic E-state index is 0.559. The number of nitrogens with zero attached hydrogens (tertiary/aromatic N) is 4. The summed E-state index contributed by atoms with van der Waals surface area (Å²) >= 11 is 0. The lowest BCUT2D eigenvalue weighted by molar-refractivity contribution is 0.294. The summed E-state index contributed by atoms with van der Waals surface area (Å²) in [7, 11) is 3.72. The number of aromatic nitrogens is 3. The Balaban J connectivity index is 1.91. The van der Waals surface area contributed by atoms with Crippen molar-refractivity contribution in [3.8, 4) is 5.75 Å². The van der Waals surface area contributed by atoms with Crippen LogP contribution in [0.3, 0.4) is 0 Å². The molecule has 1 aromatic heterocycles. The molecule has 0 aliphatic carbocycles. The maximum absolute atomic E-state index is 6.06. The summed E-state index contributed by atoms with van der Waals surface area (Å²) in [6.07, 6.45) is 2.25. The van der Waals surface area contributed by atoms with Gasteiger partial charge in [-0.3, -0.25) is 4.99 Å². The molecule has 0 saturated carbocycles. The summed E-state index contributed by atoms with van der Waals surface area (Å²) in [5.74, 6) is 4.11. The lowest BCUT2D eigenvalue weighted by Crippen LogP contribution is -2.37. The van der Waals surface area contributed by atoms with Crippen LogP contribution < -0.4 is 15.4 Å². The fraction of sp³-hybridized carbons (Fsp3) is 0.571. The largest absolute Gasteiger partial charge is 0.493 e. The molecule has 7 heteroatoms. The van der Waals surface area contributed by atoms with Crippen LogP contribution in [0.5, 0.6) is 5.75 Å². The fourth-order valence-corrected chi connectivity index (χ4v) is 2.78. The van der Waals surface area contributed by atoms with Crippen LogP contribution in [0.1, 0.15) is 49.5 Å². The SMILES string of the molecule is CN=C(NCc1ccc(C)cc1OCCCC(C)C)NCc1nnc(C)n1C. The number of nitrogens with one attached hydrogen (secondary N) is 2. The first-order valence-electron chi connectivity index (χ1n) is 9.92. The second-order valence-corrected chi connectivity index (χ2v) is 7.50. The number of ether oxygens (including phenoxy) is 1. The molecular formula is C21H34N6O. The van der Waals surface area contributed by atoms with Crippen LogP contribution >= 0.6 is 0 Å². The molecule has 0 radical (unpaired) electrons. The summed E-state index contributed by atoms with van der Waals surface area (Å²) in [5, 5.41) is 14.9. The minimum Gasteiger partial charge on any atom is -0.493 e. The Morgan fingerprint density at radius 1 is 1.18 bits per heavy atom. The molecule has 154 valence electrons. The highest BCUT2D eigenvalue weighted by Gasteiger charge is 2.08. The van der Waals surface area contributed by atoms with E-state index in [0.29, 0.717) is 25.0 Å². The molecular weight excluding hydrogens is 352 g/mol. The first-order valence-corrected chi connectivity index (χ1v) is 9.92. The van der Waals surface area contributed by atoms with Gasteiger partial charge in [-0.05, 0) is 44.2 Å². The summed E-state index contributed by atoms with van der Waals surface area (Å²) in [4.78, 5) is 4.29. The molecule has 2 rings (SSSR count). The van der Waals surface area contributed by atoms with Crippen molar-refractivity contribution in [3.63, 3.8) is 0 Å². The normalized spacial score (nSPS) is 11.8. The highest BCUT2D eigenvalue weighted by atomic mass is 16.5. The Labute approximate surface area is 168 Å². The topological polar surface area (TPSA) is 76.4 Å². The molecule has 1 aromatic carbocycles. The molecule has 0 saturated heterocycles. The van der Waals surface area contributed by atoms with E-state index in [1.807, 2.05) is 18.5 Å². The Kier molecular flexibility index (Phi) is 8.29. The molecule has 0 fully saturated rings. The third kappa shape index (κ3) is 6.55. The second-order valence-electron chi connectivity index (χ2n) is 7.50. The van der Waals surface area contributed by atoms with Gasteiger partial charge in [0.2, 0.25) is 0 Å². The second kappa shape index (κ2) is 10.7. The molecule has 1 heterocycles.